The van der Waals surface area contributed by atoms with Gasteiger partial charge in [0.2, 0.25) is 11.8 Å². The van der Waals surface area contributed by atoms with Gasteiger partial charge in [-0.15, -0.1) is 0 Å². The van der Waals surface area contributed by atoms with E-state index in [0.717, 1.165) is 0 Å². The summed E-state index contributed by atoms with van der Waals surface area (Å²) in [6.45, 7) is 0.741. The first-order valence-electron chi connectivity index (χ1n) is 3.95. The highest BCUT2D eigenvalue weighted by Gasteiger charge is 2.09. The topological polar surface area (TPSA) is 122 Å². The lowest BCUT2D eigenvalue weighted by atomic mass is 10.5. The second kappa shape index (κ2) is 5.92. The highest BCUT2D eigenvalue weighted by molar-refractivity contribution is 5.88. The van der Waals surface area contributed by atoms with E-state index in [0.29, 0.717) is 0 Å². The molecule has 7 heteroatoms. The van der Waals surface area contributed by atoms with E-state index in [1.165, 1.54) is 6.92 Å². The van der Waals surface area contributed by atoms with Gasteiger partial charge in [-0.1, -0.05) is 0 Å². The van der Waals surface area contributed by atoms with Gasteiger partial charge in [0.1, 0.15) is 6.54 Å². The number of hydrogen-bond acceptors (Lipinski definition) is 4. The number of hydrogen-bond donors (Lipinski definition) is 4. The molecule has 0 aliphatic heterocycles. The molecule has 0 rings (SSSR count). The molecule has 0 aromatic rings. The summed E-state index contributed by atoms with van der Waals surface area (Å²) in [5.74, 6) is -2.17. The van der Waals surface area contributed by atoms with Crippen LogP contribution in [0.2, 0.25) is 0 Å². The van der Waals surface area contributed by atoms with Crippen molar-refractivity contribution in [3.63, 3.8) is 0 Å². The lowest BCUT2D eigenvalue weighted by Gasteiger charge is -2.06. The number of carboxylic acid groups (broad SMARTS) is 1. The van der Waals surface area contributed by atoms with Gasteiger partial charge in [0.25, 0.3) is 0 Å². The molecule has 0 saturated carbocycles. The molecule has 0 aromatic carbocycles. The Morgan fingerprint density at radius 2 is 1.86 bits per heavy atom. The third-order valence-electron chi connectivity index (χ3n) is 1.27. The number of nitrogens with one attached hydrogen (secondary N) is 2. The Labute approximate surface area is 80.6 Å². The zero-order valence-corrected chi connectivity index (χ0v) is 7.74. The molecule has 5 N–H and O–H groups in total. The summed E-state index contributed by atoms with van der Waals surface area (Å²) >= 11 is 0. The molecule has 0 fully saturated rings. The first-order chi connectivity index (χ1) is 6.43. The van der Waals surface area contributed by atoms with E-state index in [4.69, 9.17) is 10.8 Å². The fraction of sp³-hybridized carbons (Fsp3) is 0.571. The Morgan fingerprint density at radius 3 is 2.29 bits per heavy atom. The van der Waals surface area contributed by atoms with E-state index >= 15 is 0 Å². The predicted octanol–water partition coefficient (Wildman–Crippen LogP) is -2.35. The van der Waals surface area contributed by atoms with Crippen LogP contribution in [-0.2, 0) is 14.4 Å². The highest BCUT2D eigenvalue weighted by atomic mass is 16.4. The van der Waals surface area contributed by atoms with Gasteiger partial charge < -0.3 is 21.5 Å². The van der Waals surface area contributed by atoms with Gasteiger partial charge in [-0.3, -0.25) is 14.4 Å². The zero-order valence-electron chi connectivity index (χ0n) is 7.74. The zero-order chi connectivity index (χ0) is 11.1. The second-order valence-electron chi connectivity index (χ2n) is 2.68. The molecule has 14 heavy (non-hydrogen) atoms. The average Bonchev–Trinajstić information content (AvgIpc) is 2.10. The summed E-state index contributed by atoms with van der Waals surface area (Å²) in [6, 6.07) is -0.692. The fourth-order valence-electron chi connectivity index (χ4n) is 0.565. The maximum atomic E-state index is 10.9. The van der Waals surface area contributed by atoms with Gasteiger partial charge in [-0.25, -0.2) is 0 Å². The van der Waals surface area contributed by atoms with Crippen LogP contribution < -0.4 is 16.4 Å². The summed E-state index contributed by atoms with van der Waals surface area (Å²) in [5, 5.41) is 12.5. The maximum absolute atomic E-state index is 10.9. The van der Waals surface area contributed by atoms with Gasteiger partial charge >= 0.3 is 5.97 Å². The Morgan fingerprint density at radius 1 is 1.29 bits per heavy atom. The Balaban J connectivity index is 3.64. The Kier molecular flexibility index (Phi) is 5.23. The minimum Gasteiger partial charge on any atom is -0.480 e. The molecule has 0 bridgehead atoms. The van der Waals surface area contributed by atoms with E-state index in [1.807, 2.05) is 0 Å². The fourth-order valence-corrected chi connectivity index (χ4v) is 0.565. The minimum absolute atomic E-state index is 0.270. The Hall–Kier alpha value is -1.63. The standard InChI is InChI=1S/C7H13N3O4/c1-4(8)7(14)10-2-5(11)9-3-6(12)13/h4H,2-3,8H2,1H3,(H,9,11)(H,10,14)(H,12,13)/t4-/m0/s1/i5+1,7+1. The van der Waals surface area contributed by atoms with Crippen LogP contribution in [0.25, 0.3) is 0 Å². The van der Waals surface area contributed by atoms with Crippen LogP contribution in [0.4, 0.5) is 0 Å². The predicted molar refractivity (Wildman–Crippen MR) is 47.3 cm³/mol. The molecule has 7 nitrogen and oxygen atoms in total. The van der Waals surface area contributed by atoms with Crippen molar-refractivity contribution < 1.29 is 19.5 Å². The number of carbonyl (C=O) groups excluding carboxylic acids is 2. The van der Waals surface area contributed by atoms with E-state index in [-0.39, 0.29) is 6.54 Å². The first kappa shape index (κ1) is 12.4. The quantitative estimate of drug-likeness (QED) is 0.374. The van der Waals surface area contributed by atoms with Gasteiger partial charge in [-0.2, -0.15) is 0 Å². The number of nitrogens with two attached hydrogens (primary N) is 1. The summed E-state index contributed by atoms with van der Waals surface area (Å²) in [6.07, 6.45) is 0. The molecule has 0 aliphatic carbocycles. The van der Waals surface area contributed by atoms with Crippen molar-refractivity contribution in [3.8, 4) is 0 Å². The third-order valence-corrected chi connectivity index (χ3v) is 1.27. The van der Waals surface area contributed by atoms with Crippen molar-refractivity contribution in [2.45, 2.75) is 13.0 Å². The van der Waals surface area contributed by atoms with Crippen molar-refractivity contribution >= 4 is 17.8 Å². The summed E-state index contributed by atoms with van der Waals surface area (Å²) < 4.78 is 0. The van der Waals surface area contributed by atoms with Crippen molar-refractivity contribution in [1.29, 1.82) is 0 Å². The molecular formula is C7H13N3O4. The first-order valence-corrected chi connectivity index (χ1v) is 3.95. The van der Waals surface area contributed by atoms with Crippen LogP contribution in [-0.4, -0.2) is 42.0 Å². The van der Waals surface area contributed by atoms with Crippen molar-refractivity contribution in [1.82, 2.24) is 10.6 Å². The molecule has 80 valence electrons. The molecule has 2 amide bonds. The molecule has 0 radical (unpaired) electrons. The van der Waals surface area contributed by atoms with Crippen molar-refractivity contribution in [3.05, 3.63) is 0 Å². The highest BCUT2D eigenvalue weighted by Crippen LogP contribution is 1.74. The summed E-state index contributed by atoms with van der Waals surface area (Å²) in [5.41, 5.74) is 5.21. The van der Waals surface area contributed by atoms with E-state index in [9.17, 15) is 14.4 Å². The number of amides is 2. The van der Waals surface area contributed by atoms with Crippen LogP contribution in [0.3, 0.4) is 0 Å². The third kappa shape index (κ3) is 5.95. The van der Waals surface area contributed by atoms with Crippen LogP contribution in [0, 0.1) is 0 Å². The lowest BCUT2D eigenvalue weighted by molar-refractivity contribution is -0.137. The number of aliphatic carboxylic acids is 1. The molecule has 0 unspecified atom stereocenters. The van der Waals surface area contributed by atoms with Crippen LogP contribution in [0.15, 0.2) is 0 Å². The monoisotopic (exact) mass is 205 g/mol. The Bertz CT molecular complexity index is 239. The molecular weight excluding hydrogens is 192 g/mol. The minimum atomic E-state index is -1.14. The largest absolute Gasteiger partial charge is 0.480 e. The second-order valence-corrected chi connectivity index (χ2v) is 2.68. The smallest absolute Gasteiger partial charge is 0.322 e. The number of rotatable bonds is 5. The van der Waals surface area contributed by atoms with Gasteiger partial charge in [0.15, 0.2) is 0 Å². The normalized spacial score (nSPS) is 11.6. The molecule has 1 atom stereocenters. The SMILES string of the molecule is C[C@H](N)[13C](=O)NC[13C](=O)NCC(=O)O. The van der Waals surface area contributed by atoms with Gasteiger partial charge in [0, 0.05) is 0 Å². The van der Waals surface area contributed by atoms with Crippen molar-refractivity contribution in [2.75, 3.05) is 13.1 Å². The van der Waals surface area contributed by atoms with Gasteiger partial charge in [0.05, 0.1) is 12.6 Å². The summed E-state index contributed by atoms with van der Waals surface area (Å²) in [7, 11) is 0. The molecule has 0 saturated heterocycles. The maximum Gasteiger partial charge on any atom is 0.322 e. The molecule has 0 heterocycles. The number of carboxylic acids is 1. The summed E-state index contributed by atoms with van der Waals surface area (Å²) in [4.78, 5) is 31.7. The average molecular weight is 205 g/mol. The van der Waals surface area contributed by atoms with Crippen LogP contribution in [0.5, 0.6) is 0 Å². The molecule has 0 aromatic heterocycles. The molecule has 0 aliphatic rings. The van der Waals surface area contributed by atoms with E-state index in [2.05, 4.69) is 10.6 Å². The van der Waals surface area contributed by atoms with Gasteiger partial charge in [-0.05, 0) is 6.92 Å². The van der Waals surface area contributed by atoms with Crippen LogP contribution in [0.1, 0.15) is 6.92 Å². The van der Waals surface area contributed by atoms with E-state index < -0.39 is 30.4 Å². The van der Waals surface area contributed by atoms with E-state index in [1.54, 1.807) is 0 Å². The number of carbonyl (C=O) groups is 3. The van der Waals surface area contributed by atoms with Crippen LogP contribution >= 0.6 is 0 Å². The lowest BCUT2D eigenvalue weighted by Crippen LogP contribution is -2.44. The van der Waals surface area contributed by atoms with Crippen molar-refractivity contribution in [2.24, 2.45) is 5.73 Å². The molecule has 0 spiro atoms.